The molecule has 1 aliphatic heterocycles. The largest absolute Gasteiger partial charge is 0.325 e. The molecule has 0 radical (unpaired) electrons. The summed E-state index contributed by atoms with van der Waals surface area (Å²) in [6.45, 7) is 3.02. The van der Waals surface area contributed by atoms with Gasteiger partial charge in [-0.25, -0.2) is 4.79 Å². The number of hydrogen-bond acceptors (Lipinski definition) is 3. The lowest BCUT2D eigenvalue weighted by molar-refractivity contribution is -0.132. The third kappa shape index (κ3) is 3.93. The highest BCUT2D eigenvalue weighted by Crippen LogP contribution is 2.33. The number of hydrogen-bond donors (Lipinski definition) is 1. The van der Waals surface area contributed by atoms with Gasteiger partial charge in [-0.1, -0.05) is 60.7 Å². The maximum Gasteiger partial charge on any atom is 0.325 e. The summed E-state index contributed by atoms with van der Waals surface area (Å²) in [6.07, 6.45) is 0. The van der Waals surface area contributed by atoms with E-state index in [1.165, 1.54) is 24.3 Å². The van der Waals surface area contributed by atoms with Gasteiger partial charge in [0.15, 0.2) is 0 Å². The van der Waals surface area contributed by atoms with Gasteiger partial charge < -0.3 is 5.32 Å². The first-order chi connectivity index (χ1) is 14.8. The molecule has 0 aliphatic carbocycles. The van der Waals surface area contributed by atoms with E-state index in [1.54, 1.807) is 24.6 Å². The number of aromatic nitrogens is 2. The molecule has 0 saturated carbocycles. The van der Waals surface area contributed by atoms with E-state index in [9.17, 15) is 18.4 Å². The van der Waals surface area contributed by atoms with Crippen molar-refractivity contribution in [3.63, 3.8) is 0 Å². The average Bonchev–Trinajstić information content (AvgIpc) is 3.18. The van der Waals surface area contributed by atoms with E-state index in [-0.39, 0.29) is 5.56 Å². The number of aryl methyl sites for hydroxylation is 1. The van der Waals surface area contributed by atoms with Gasteiger partial charge in [0.1, 0.15) is 6.04 Å². The molecule has 6 nitrogen and oxygen atoms in total. The van der Waals surface area contributed by atoms with E-state index in [1.807, 2.05) is 30.3 Å². The third-order valence-electron chi connectivity index (χ3n) is 5.48. The lowest BCUT2D eigenvalue weighted by atomic mass is 10.0. The molecular weight excluding hydrogens is 402 g/mol. The van der Waals surface area contributed by atoms with Crippen LogP contribution in [0.1, 0.15) is 34.1 Å². The summed E-state index contributed by atoms with van der Waals surface area (Å²) in [4.78, 5) is 26.0. The Bertz CT molecular complexity index is 1110. The second kappa shape index (κ2) is 7.94. The van der Waals surface area contributed by atoms with Gasteiger partial charge >= 0.3 is 6.03 Å². The topological polar surface area (TPSA) is 67.2 Å². The van der Waals surface area contributed by atoms with Crippen molar-refractivity contribution in [2.45, 2.75) is 32.4 Å². The Kier molecular flexibility index (Phi) is 5.31. The summed E-state index contributed by atoms with van der Waals surface area (Å²) >= 11 is 0. The predicted octanol–water partition coefficient (Wildman–Crippen LogP) is 3.93. The summed E-state index contributed by atoms with van der Waals surface area (Å²) in [5, 5.41) is 7.06. The van der Waals surface area contributed by atoms with E-state index in [0.29, 0.717) is 28.4 Å². The normalized spacial score (nSPS) is 16.6. The SMILES string of the molecule is Cc1nn(Cc2ccccc2)c(C)c1C1NC(=O)N(CC(F)(F)c2ccccc2)C1=O. The molecule has 0 bridgehead atoms. The number of carbonyl (C=O) groups is 2. The van der Waals surface area contributed by atoms with Crippen LogP contribution < -0.4 is 5.32 Å². The number of imide groups is 1. The quantitative estimate of drug-likeness (QED) is 0.610. The highest BCUT2D eigenvalue weighted by molar-refractivity contribution is 6.05. The third-order valence-corrected chi connectivity index (χ3v) is 5.48. The standard InChI is InChI=1S/C23H22F2N4O2/c1-15-19(16(2)29(27-15)13-17-9-5-3-6-10-17)20-21(30)28(22(31)26-20)14-23(24,25)18-11-7-4-8-12-18/h3-12,20H,13-14H2,1-2H3,(H,26,31). The molecule has 1 unspecified atom stereocenters. The average molecular weight is 424 g/mol. The molecule has 3 amide bonds. The second-order valence-electron chi connectivity index (χ2n) is 7.61. The molecule has 4 rings (SSSR count). The lowest BCUT2D eigenvalue weighted by Crippen LogP contribution is -2.39. The number of alkyl halides is 2. The fourth-order valence-corrected chi connectivity index (χ4v) is 3.88. The molecule has 1 N–H and O–H groups in total. The van der Waals surface area contributed by atoms with Crippen LogP contribution in [0.15, 0.2) is 60.7 Å². The molecule has 2 heterocycles. The number of amides is 3. The van der Waals surface area contributed by atoms with Crippen molar-refractivity contribution in [1.82, 2.24) is 20.0 Å². The van der Waals surface area contributed by atoms with Crippen LogP contribution in [0, 0.1) is 13.8 Å². The fourth-order valence-electron chi connectivity index (χ4n) is 3.88. The molecule has 1 aliphatic rings. The highest BCUT2D eigenvalue weighted by atomic mass is 19.3. The van der Waals surface area contributed by atoms with Crippen LogP contribution in [0.2, 0.25) is 0 Å². The number of urea groups is 1. The van der Waals surface area contributed by atoms with Crippen LogP contribution >= 0.6 is 0 Å². The Morgan fingerprint density at radius 2 is 1.61 bits per heavy atom. The summed E-state index contributed by atoms with van der Waals surface area (Å²) in [5.74, 6) is -4.06. The molecule has 1 aromatic heterocycles. The van der Waals surface area contributed by atoms with Crippen LogP contribution in [0.4, 0.5) is 13.6 Å². The molecule has 0 spiro atoms. The Morgan fingerprint density at radius 1 is 1.00 bits per heavy atom. The van der Waals surface area contributed by atoms with Crippen molar-refractivity contribution in [3.05, 3.63) is 88.7 Å². The Labute approximate surface area is 178 Å². The van der Waals surface area contributed by atoms with Gasteiger partial charge in [0.2, 0.25) is 0 Å². The van der Waals surface area contributed by atoms with Crippen LogP contribution in [-0.2, 0) is 17.3 Å². The van der Waals surface area contributed by atoms with Crippen molar-refractivity contribution in [3.8, 4) is 0 Å². The zero-order chi connectivity index (χ0) is 22.2. The molecule has 3 aromatic rings. The Hall–Kier alpha value is -3.55. The van der Waals surface area contributed by atoms with Gasteiger partial charge in [-0.3, -0.25) is 14.4 Å². The summed E-state index contributed by atoms with van der Waals surface area (Å²) in [6, 6.07) is 15.0. The Balaban J connectivity index is 1.58. The van der Waals surface area contributed by atoms with Crippen molar-refractivity contribution in [2.75, 3.05) is 6.54 Å². The first-order valence-corrected chi connectivity index (χ1v) is 9.91. The molecule has 8 heteroatoms. The Morgan fingerprint density at radius 3 is 2.26 bits per heavy atom. The summed E-state index contributed by atoms with van der Waals surface area (Å²) < 4.78 is 31.1. The van der Waals surface area contributed by atoms with Crippen LogP contribution in [0.5, 0.6) is 0 Å². The van der Waals surface area contributed by atoms with E-state index in [0.717, 1.165) is 5.56 Å². The van der Waals surface area contributed by atoms with Gasteiger partial charge in [-0.05, 0) is 19.4 Å². The van der Waals surface area contributed by atoms with E-state index >= 15 is 0 Å². The molecule has 2 aromatic carbocycles. The minimum absolute atomic E-state index is 0.248. The van der Waals surface area contributed by atoms with Gasteiger partial charge in [0, 0.05) is 16.8 Å². The number of rotatable bonds is 6. The molecular formula is C23H22F2N4O2. The minimum atomic E-state index is -3.36. The lowest BCUT2D eigenvalue weighted by Gasteiger charge is -2.22. The zero-order valence-corrected chi connectivity index (χ0v) is 17.2. The fraction of sp³-hybridized carbons (Fsp3) is 0.261. The maximum atomic E-state index is 14.7. The monoisotopic (exact) mass is 424 g/mol. The molecule has 1 atom stereocenters. The van der Waals surface area contributed by atoms with Gasteiger partial charge in [-0.2, -0.15) is 13.9 Å². The van der Waals surface area contributed by atoms with Gasteiger partial charge in [0.25, 0.3) is 11.8 Å². The number of nitrogens with zero attached hydrogens (tertiary/aromatic N) is 3. The predicted molar refractivity (Wildman–Crippen MR) is 111 cm³/mol. The first kappa shape index (κ1) is 20.7. The van der Waals surface area contributed by atoms with Crippen molar-refractivity contribution < 1.29 is 18.4 Å². The van der Waals surface area contributed by atoms with E-state index in [4.69, 9.17) is 0 Å². The summed E-state index contributed by atoms with van der Waals surface area (Å²) in [5.41, 5.74) is 2.60. The second-order valence-corrected chi connectivity index (χ2v) is 7.61. The number of nitrogens with one attached hydrogen (secondary N) is 1. The number of benzene rings is 2. The molecule has 1 fully saturated rings. The van der Waals surface area contributed by atoms with Crippen LogP contribution in [-0.4, -0.2) is 33.2 Å². The van der Waals surface area contributed by atoms with Crippen LogP contribution in [0.3, 0.4) is 0 Å². The maximum absolute atomic E-state index is 14.7. The minimum Gasteiger partial charge on any atom is -0.322 e. The van der Waals surface area contributed by atoms with Crippen molar-refractivity contribution in [1.29, 1.82) is 0 Å². The molecule has 1 saturated heterocycles. The zero-order valence-electron chi connectivity index (χ0n) is 17.2. The summed E-state index contributed by atoms with van der Waals surface area (Å²) in [7, 11) is 0. The highest BCUT2D eigenvalue weighted by Gasteiger charge is 2.46. The molecule has 160 valence electrons. The van der Waals surface area contributed by atoms with Crippen molar-refractivity contribution >= 4 is 11.9 Å². The van der Waals surface area contributed by atoms with Crippen molar-refractivity contribution in [2.24, 2.45) is 0 Å². The van der Waals surface area contributed by atoms with Gasteiger partial charge in [-0.15, -0.1) is 0 Å². The smallest absolute Gasteiger partial charge is 0.322 e. The number of halogens is 2. The van der Waals surface area contributed by atoms with E-state index < -0.39 is 30.4 Å². The van der Waals surface area contributed by atoms with Gasteiger partial charge in [0.05, 0.1) is 18.8 Å². The molecule has 31 heavy (non-hydrogen) atoms. The van der Waals surface area contributed by atoms with Crippen LogP contribution in [0.25, 0.3) is 0 Å². The number of carbonyl (C=O) groups excluding carboxylic acids is 2. The first-order valence-electron chi connectivity index (χ1n) is 9.91. The van der Waals surface area contributed by atoms with E-state index in [2.05, 4.69) is 10.4 Å².